The molecule has 0 aliphatic carbocycles. The van der Waals surface area contributed by atoms with Gasteiger partial charge in [-0.25, -0.2) is 0 Å². The molecule has 0 amide bonds. The van der Waals surface area contributed by atoms with E-state index in [1.165, 1.54) is 15.9 Å². The molecule has 0 saturated heterocycles. The van der Waals surface area contributed by atoms with E-state index in [2.05, 4.69) is 113 Å². The second kappa shape index (κ2) is 5.91. The Kier molecular flexibility index (Phi) is 4.12. The van der Waals surface area contributed by atoms with Crippen LogP contribution >= 0.6 is 20.8 Å². The summed E-state index contributed by atoms with van der Waals surface area (Å²) in [5, 5.41) is 1.26. The van der Waals surface area contributed by atoms with Gasteiger partial charge in [0.25, 0.3) is 0 Å². The third-order valence-electron chi connectivity index (χ3n) is 4.30. The maximum atomic E-state index is 4.37. The molecule has 0 N–H and O–H groups in total. The van der Waals surface area contributed by atoms with Gasteiger partial charge < -0.3 is 0 Å². The molecule has 0 heterocycles. The number of hydrogen-bond donors (Lipinski definition) is 0. The van der Waals surface area contributed by atoms with Crippen LogP contribution in [0.3, 0.4) is 0 Å². The van der Waals surface area contributed by atoms with Gasteiger partial charge in [0.2, 0.25) is 0 Å². The summed E-state index contributed by atoms with van der Waals surface area (Å²) < 4.78 is 0. The van der Waals surface area contributed by atoms with Gasteiger partial charge in [-0.2, -0.15) is 0 Å². The Morgan fingerprint density at radius 1 is 0.591 bits per heavy atom. The van der Waals surface area contributed by atoms with Gasteiger partial charge in [0.1, 0.15) is 0 Å². The van der Waals surface area contributed by atoms with Gasteiger partial charge in [0.15, 0.2) is 0 Å². The zero-order valence-electron chi connectivity index (χ0n) is 12.4. The van der Waals surface area contributed by atoms with E-state index in [0.29, 0.717) is 0 Å². The molecular weight excluding hydrogens is 351 g/mol. The van der Waals surface area contributed by atoms with Crippen molar-refractivity contribution in [1.82, 2.24) is 0 Å². The fraction of sp³-hybridized carbons (Fsp3) is 0.0500. The standard InChI is InChI=1S/C20H19BrP/c1-2-22(21,18-12-6-3-7-13-18,19-14-8-4-9-15-19)20-16-10-5-11-17-20/h3-17H,1-2H2/q+1. The minimum absolute atomic E-state index is 0.795. The van der Waals surface area contributed by atoms with Crippen molar-refractivity contribution in [1.29, 1.82) is 0 Å². The Labute approximate surface area is 140 Å². The zero-order valence-corrected chi connectivity index (χ0v) is 14.9. The van der Waals surface area contributed by atoms with Gasteiger partial charge in [-0.1, -0.05) is 0 Å². The fourth-order valence-electron chi connectivity index (χ4n) is 3.05. The van der Waals surface area contributed by atoms with Gasteiger partial charge in [-0.15, -0.1) is 0 Å². The number of rotatable bonds is 4. The average Bonchev–Trinajstić information content (AvgIpc) is 2.63. The number of halogens is 1. The van der Waals surface area contributed by atoms with Crippen molar-refractivity contribution in [3.63, 3.8) is 0 Å². The molecular formula is C20H19BrP+. The van der Waals surface area contributed by atoms with E-state index >= 15 is 0 Å². The first-order valence-corrected chi connectivity index (χ1v) is 11.8. The van der Waals surface area contributed by atoms with E-state index in [1.54, 1.807) is 0 Å². The molecule has 0 unspecified atom stereocenters. The molecule has 3 aromatic rings. The van der Waals surface area contributed by atoms with Crippen molar-refractivity contribution in [2.75, 3.05) is 6.16 Å². The summed E-state index contributed by atoms with van der Waals surface area (Å²) >= 11 is 4.28. The van der Waals surface area contributed by atoms with Crippen LogP contribution in [0.4, 0.5) is 0 Å². The van der Waals surface area contributed by atoms with Crippen molar-refractivity contribution in [3.8, 4) is 0 Å². The molecule has 3 aromatic carbocycles. The second-order valence-corrected chi connectivity index (χ2v) is 14.5. The van der Waals surface area contributed by atoms with E-state index in [1.807, 2.05) is 0 Å². The molecule has 22 heavy (non-hydrogen) atoms. The van der Waals surface area contributed by atoms with E-state index < -0.39 is 5.31 Å². The van der Waals surface area contributed by atoms with Gasteiger partial charge in [0, 0.05) is 0 Å². The fourth-order valence-corrected chi connectivity index (χ4v) is 9.23. The summed E-state index contributed by atoms with van der Waals surface area (Å²) in [5.41, 5.74) is 0. The summed E-state index contributed by atoms with van der Waals surface area (Å²) in [5.74, 6) is 0. The summed E-state index contributed by atoms with van der Waals surface area (Å²) in [6.07, 6.45) is 0.795. The first kappa shape index (κ1) is 15.3. The van der Waals surface area contributed by atoms with Crippen LogP contribution < -0.4 is 15.9 Å². The maximum absolute atomic E-state index is 4.37. The van der Waals surface area contributed by atoms with Crippen LogP contribution in [0.1, 0.15) is 0 Å². The van der Waals surface area contributed by atoms with Crippen molar-refractivity contribution in [3.05, 3.63) is 97.9 Å². The molecule has 0 nitrogen and oxygen atoms in total. The van der Waals surface area contributed by atoms with Crippen molar-refractivity contribution in [2.45, 2.75) is 0 Å². The summed E-state index contributed by atoms with van der Waals surface area (Å²) in [4.78, 5) is 0. The molecule has 0 saturated carbocycles. The minimum atomic E-state index is -2.70. The van der Waals surface area contributed by atoms with Crippen molar-refractivity contribution >= 4 is 36.7 Å². The number of benzene rings is 3. The van der Waals surface area contributed by atoms with E-state index in [9.17, 15) is 0 Å². The quantitative estimate of drug-likeness (QED) is 0.463. The summed E-state index contributed by atoms with van der Waals surface area (Å²) in [6, 6.07) is 32.2. The van der Waals surface area contributed by atoms with Crippen LogP contribution in [0.2, 0.25) is 0 Å². The first-order valence-electron chi connectivity index (χ1n) is 7.39. The Morgan fingerprint density at radius 2 is 0.864 bits per heavy atom. The SMILES string of the molecule is [CH2+]CP(Br)(c1ccccc1)(c1ccccc1)c1ccccc1. The first-order chi connectivity index (χ1) is 10.7. The molecule has 0 bridgehead atoms. The van der Waals surface area contributed by atoms with Crippen molar-refractivity contribution in [2.24, 2.45) is 0 Å². The second-order valence-electron chi connectivity index (χ2n) is 5.41. The molecule has 110 valence electrons. The van der Waals surface area contributed by atoms with Crippen LogP contribution in [0.5, 0.6) is 0 Å². The molecule has 0 atom stereocenters. The van der Waals surface area contributed by atoms with Gasteiger partial charge in [-0.3, -0.25) is 0 Å². The zero-order chi connectivity index (χ0) is 15.5. The van der Waals surface area contributed by atoms with Crippen molar-refractivity contribution < 1.29 is 0 Å². The Hall–Kier alpha value is -1.56. The van der Waals surface area contributed by atoms with Gasteiger partial charge in [0.05, 0.1) is 0 Å². The Bertz CT molecular complexity index is 639. The Balaban J connectivity index is 2.41. The molecule has 0 aliphatic rings. The molecule has 2 heteroatoms. The Morgan fingerprint density at radius 3 is 1.09 bits per heavy atom. The predicted molar refractivity (Wildman–Crippen MR) is 104 cm³/mol. The number of hydrogen-bond acceptors (Lipinski definition) is 0. The summed E-state index contributed by atoms with van der Waals surface area (Å²) in [7, 11) is 0. The van der Waals surface area contributed by atoms with Crippen LogP contribution in [0, 0.1) is 6.92 Å². The van der Waals surface area contributed by atoms with E-state index in [-0.39, 0.29) is 0 Å². The molecule has 0 aliphatic heterocycles. The average molecular weight is 370 g/mol. The van der Waals surface area contributed by atoms with Gasteiger partial charge >= 0.3 is 141 Å². The van der Waals surface area contributed by atoms with E-state index in [0.717, 1.165) is 6.16 Å². The molecule has 0 radical (unpaired) electrons. The normalized spacial score (nSPS) is 13.2. The molecule has 0 aromatic heterocycles. The monoisotopic (exact) mass is 369 g/mol. The van der Waals surface area contributed by atoms with Crippen LogP contribution in [-0.2, 0) is 0 Å². The third kappa shape index (κ3) is 2.20. The van der Waals surface area contributed by atoms with E-state index in [4.69, 9.17) is 0 Å². The predicted octanol–water partition coefficient (Wildman–Crippen LogP) is 4.66. The van der Waals surface area contributed by atoms with Crippen LogP contribution in [0.15, 0.2) is 91.0 Å². The molecule has 0 fully saturated rings. The van der Waals surface area contributed by atoms with Crippen LogP contribution in [0.25, 0.3) is 0 Å². The molecule has 3 rings (SSSR count). The van der Waals surface area contributed by atoms with Crippen LogP contribution in [-0.4, -0.2) is 6.16 Å². The molecule has 0 spiro atoms. The van der Waals surface area contributed by atoms with Gasteiger partial charge in [-0.05, 0) is 0 Å². The third-order valence-corrected chi connectivity index (χ3v) is 14.0. The topological polar surface area (TPSA) is 0 Å². The summed E-state index contributed by atoms with van der Waals surface area (Å²) in [6.45, 7) is 4.37.